The first-order chi connectivity index (χ1) is 30.8. The maximum Gasteiger partial charge on any atom is 0.165 e. The van der Waals surface area contributed by atoms with Crippen molar-refractivity contribution >= 4 is 98.5 Å². The van der Waals surface area contributed by atoms with Gasteiger partial charge in [0.25, 0.3) is 0 Å². The highest BCUT2D eigenvalue weighted by Crippen LogP contribution is 2.41. The van der Waals surface area contributed by atoms with E-state index < -0.39 is 0 Å². The first kappa shape index (κ1) is 33.4. The van der Waals surface area contributed by atoms with Crippen LogP contribution in [0.5, 0.6) is 0 Å². The number of nitrogens with zero attached hydrogens (tertiary/aromatic N) is 6. The van der Waals surface area contributed by atoms with Crippen LogP contribution in [-0.2, 0) is 0 Å². The lowest BCUT2D eigenvalue weighted by Crippen LogP contribution is -2.04. The van der Waals surface area contributed by atoms with Gasteiger partial charge in [-0.3, -0.25) is 4.57 Å². The summed E-state index contributed by atoms with van der Waals surface area (Å²) in [5, 5.41) is 8.37. The Kier molecular flexibility index (Phi) is 6.74. The smallest absolute Gasteiger partial charge is 0.165 e. The summed E-state index contributed by atoms with van der Waals surface area (Å²) in [6.07, 6.45) is 0. The monoisotopic (exact) mass is 790 g/mol. The molecule has 5 heterocycles. The average Bonchev–Trinajstić information content (AvgIpc) is 4.06. The molecule has 0 saturated heterocycles. The van der Waals surface area contributed by atoms with Crippen molar-refractivity contribution in [3.05, 3.63) is 206 Å². The second kappa shape index (κ2) is 12.5. The summed E-state index contributed by atoms with van der Waals surface area (Å²) in [5.41, 5.74) is 15.4. The molecule has 0 atom stereocenters. The number of hydrogen-bond donors (Lipinski definition) is 0. The fourth-order valence-electron chi connectivity index (χ4n) is 10.4. The highest BCUT2D eigenvalue weighted by molar-refractivity contribution is 6.15. The second-order valence-electron chi connectivity index (χ2n) is 16.2. The molecule has 0 fully saturated rings. The van der Waals surface area contributed by atoms with Gasteiger partial charge in [0.1, 0.15) is 16.6 Å². The van der Waals surface area contributed by atoms with Crippen LogP contribution in [0.1, 0.15) is 0 Å². The second-order valence-corrected chi connectivity index (χ2v) is 16.2. The molecular weight excluding hydrogens is 757 g/mol. The van der Waals surface area contributed by atoms with Crippen molar-refractivity contribution < 1.29 is 0 Å². The third-order valence-electron chi connectivity index (χ3n) is 13.0. The molecule has 0 saturated carbocycles. The van der Waals surface area contributed by atoms with Crippen LogP contribution in [0.3, 0.4) is 0 Å². The van der Waals surface area contributed by atoms with Gasteiger partial charge in [0, 0.05) is 49.1 Å². The van der Waals surface area contributed by atoms with Crippen molar-refractivity contribution in [3.63, 3.8) is 0 Å². The average molecular weight is 791 g/mol. The predicted octanol–water partition coefficient (Wildman–Crippen LogP) is 14.0. The van der Waals surface area contributed by atoms with E-state index in [1.165, 1.54) is 43.4 Å². The number of rotatable bonds is 4. The maximum atomic E-state index is 5.81. The molecular formula is C56H34N6. The Bertz CT molecular complexity index is 4000. The van der Waals surface area contributed by atoms with Gasteiger partial charge in [-0.1, -0.05) is 127 Å². The summed E-state index contributed by atoms with van der Waals surface area (Å²) in [5.74, 6) is 0. The molecule has 0 radical (unpaired) electrons. The molecule has 14 rings (SSSR count). The lowest BCUT2D eigenvalue weighted by Gasteiger charge is -2.16. The van der Waals surface area contributed by atoms with Crippen molar-refractivity contribution in [2.75, 3.05) is 0 Å². The molecule has 0 aliphatic rings. The molecule has 0 aliphatic carbocycles. The molecule has 288 valence electrons. The molecule has 6 heteroatoms. The number of para-hydroxylation sites is 7. The number of benzene rings is 9. The normalized spacial score (nSPS) is 12.2. The quantitative estimate of drug-likeness (QED) is 0.178. The van der Waals surface area contributed by atoms with E-state index in [1.807, 2.05) is 0 Å². The van der Waals surface area contributed by atoms with Crippen molar-refractivity contribution in [3.8, 4) is 22.7 Å². The van der Waals surface area contributed by atoms with Crippen molar-refractivity contribution in [2.24, 2.45) is 0 Å². The van der Waals surface area contributed by atoms with Gasteiger partial charge in [0.05, 0.1) is 50.0 Å². The zero-order valence-electron chi connectivity index (χ0n) is 33.3. The topological polar surface area (TPSA) is 45.5 Å². The summed E-state index contributed by atoms with van der Waals surface area (Å²) in [6.45, 7) is 0. The highest BCUT2D eigenvalue weighted by Gasteiger charge is 2.24. The molecule has 0 aliphatic heterocycles. The van der Waals surface area contributed by atoms with E-state index in [9.17, 15) is 0 Å². The lowest BCUT2D eigenvalue weighted by molar-refractivity contribution is 1.11. The van der Waals surface area contributed by atoms with Crippen LogP contribution in [0.2, 0.25) is 0 Å². The fraction of sp³-hybridized carbons (Fsp3) is 0. The first-order valence-electron chi connectivity index (χ1n) is 21.1. The molecule has 5 aromatic heterocycles. The third kappa shape index (κ3) is 4.47. The Hall–Kier alpha value is -8.48. The van der Waals surface area contributed by atoms with Crippen molar-refractivity contribution in [1.29, 1.82) is 0 Å². The summed E-state index contributed by atoms with van der Waals surface area (Å²) < 4.78 is 9.39. The van der Waals surface area contributed by atoms with Crippen LogP contribution in [0.15, 0.2) is 206 Å². The maximum absolute atomic E-state index is 5.81. The summed E-state index contributed by atoms with van der Waals surface area (Å²) in [6, 6.07) is 74.0. The minimum Gasteiger partial charge on any atom is -0.309 e. The molecule has 0 bridgehead atoms. The summed E-state index contributed by atoms with van der Waals surface area (Å²) in [4.78, 5) is 11.6. The van der Waals surface area contributed by atoms with E-state index in [0.717, 1.165) is 77.9 Å². The largest absolute Gasteiger partial charge is 0.309 e. The van der Waals surface area contributed by atoms with Gasteiger partial charge in [0.15, 0.2) is 5.65 Å². The molecule has 0 amide bonds. The van der Waals surface area contributed by atoms with Gasteiger partial charge in [-0.05, 0) is 78.9 Å². The zero-order valence-corrected chi connectivity index (χ0v) is 33.3. The lowest BCUT2D eigenvalue weighted by atomic mass is 10.1. The molecule has 14 aromatic rings. The van der Waals surface area contributed by atoms with Crippen LogP contribution in [0.25, 0.3) is 121 Å². The molecule has 0 N–H and O–H groups in total. The van der Waals surface area contributed by atoms with Gasteiger partial charge in [-0.25, -0.2) is 9.97 Å². The Labute approximate surface area is 354 Å². The minimum atomic E-state index is 0.810. The van der Waals surface area contributed by atoms with Crippen LogP contribution in [-0.4, -0.2) is 28.2 Å². The fourth-order valence-corrected chi connectivity index (χ4v) is 10.4. The van der Waals surface area contributed by atoms with Crippen molar-refractivity contribution in [2.45, 2.75) is 0 Å². The number of fused-ring (bicyclic) bond motifs is 13. The predicted molar refractivity (Wildman–Crippen MR) is 257 cm³/mol. The SMILES string of the molecule is c1ccc2c(c1)c1ccccc1n2-c1ccc(-n2c3ccccc3c3nc4c(-n5c6ccccc6c6ccccc65)ccc(-n5c6ccccc6c6ccccc65)c4nc32)cc1. The van der Waals surface area contributed by atoms with Gasteiger partial charge in [-0.15, -0.1) is 0 Å². The third-order valence-corrected chi connectivity index (χ3v) is 13.0. The number of aromatic nitrogens is 6. The Balaban J connectivity index is 1.08. The molecule has 62 heavy (non-hydrogen) atoms. The van der Waals surface area contributed by atoms with E-state index in [-0.39, 0.29) is 0 Å². The molecule has 9 aromatic carbocycles. The highest BCUT2D eigenvalue weighted by atomic mass is 15.1. The Morgan fingerprint density at radius 3 is 0.903 bits per heavy atom. The van der Waals surface area contributed by atoms with Crippen LogP contribution in [0, 0.1) is 0 Å². The van der Waals surface area contributed by atoms with E-state index in [4.69, 9.17) is 9.97 Å². The first-order valence-corrected chi connectivity index (χ1v) is 21.1. The Morgan fingerprint density at radius 1 is 0.226 bits per heavy atom. The Morgan fingerprint density at radius 2 is 0.516 bits per heavy atom. The van der Waals surface area contributed by atoms with Gasteiger partial charge < -0.3 is 13.7 Å². The minimum absolute atomic E-state index is 0.810. The van der Waals surface area contributed by atoms with Gasteiger partial charge in [0.2, 0.25) is 0 Å². The van der Waals surface area contributed by atoms with Crippen LogP contribution >= 0.6 is 0 Å². The molecule has 0 unspecified atom stereocenters. The van der Waals surface area contributed by atoms with E-state index in [0.29, 0.717) is 0 Å². The van der Waals surface area contributed by atoms with E-state index in [2.05, 4.69) is 225 Å². The van der Waals surface area contributed by atoms with E-state index in [1.54, 1.807) is 0 Å². The van der Waals surface area contributed by atoms with Crippen molar-refractivity contribution in [1.82, 2.24) is 28.2 Å². The zero-order chi connectivity index (χ0) is 40.5. The van der Waals surface area contributed by atoms with Crippen LogP contribution in [0.4, 0.5) is 0 Å². The van der Waals surface area contributed by atoms with Gasteiger partial charge >= 0.3 is 0 Å². The standard InChI is InChI=1S/C56H34N6/c1-8-22-44-37(15-1)38-16-2-9-23-45(38)59(44)35-29-31-36(32-30-35)60-50-28-14-7-21-43(50)53-56(60)58-55-52(62-48-26-12-5-19-41(48)42-20-6-13-27-49(42)62)34-33-51(54(55)57-53)61-46-24-10-3-17-39(46)40-18-4-11-25-47(40)61/h1-34H. The molecule has 0 spiro atoms. The number of hydrogen-bond acceptors (Lipinski definition) is 2. The van der Waals surface area contributed by atoms with E-state index >= 15 is 0 Å². The van der Waals surface area contributed by atoms with Crippen LogP contribution < -0.4 is 0 Å². The summed E-state index contributed by atoms with van der Waals surface area (Å²) >= 11 is 0. The van der Waals surface area contributed by atoms with Gasteiger partial charge in [-0.2, -0.15) is 0 Å². The summed E-state index contributed by atoms with van der Waals surface area (Å²) in [7, 11) is 0. The molecule has 6 nitrogen and oxygen atoms in total.